The Morgan fingerprint density at radius 2 is 1.68 bits per heavy atom. The van der Waals surface area contributed by atoms with Crippen LogP contribution >= 0.6 is 11.8 Å². The van der Waals surface area contributed by atoms with Gasteiger partial charge in [-0.1, -0.05) is 64.4 Å². The Hall–Kier alpha value is -1.36. The molecule has 0 aliphatic carbocycles. The number of hydrogen-bond donors (Lipinski definition) is 0. The van der Waals surface area contributed by atoms with Crippen LogP contribution in [0.3, 0.4) is 0 Å². The molecule has 1 atom stereocenters. The van der Waals surface area contributed by atoms with Crippen molar-refractivity contribution in [2.45, 2.75) is 76.5 Å². The van der Waals surface area contributed by atoms with E-state index in [0.717, 1.165) is 35.8 Å². The van der Waals surface area contributed by atoms with E-state index in [-0.39, 0.29) is 5.37 Å². The number of fused-ring (bicyclic) bond motifs is 1. The van der Waals surface area contributed by atoms with E-state index in [4.69, 9.17) is 9.47 Å². The average molecular weight is 406 g/mol. The van der Waals surface area contributed by atoms with Crippen molar-refractivity contribution in [1.82, 2.24) is 4.90 Å². The van der Waals surface area contributed by atoms with Crippen LogP contribution in [-0.4, -0.2) is 36.3 Å². The van der Waals surface area contributed by atoms with Gasteiger partial charge >= 0.3 is 0 Å². The number of carbonyl (C=O) groups excluding carboxylic acids is 1. The van der Waals surface area contributed by atoms with E-state index in [1.165, 1.54) is 51.4 Å². The van der Waals surface area contributed by atoms with Gasteiger partial charge in [0.15, 0.2) is 11.5 Å². The van der Waals surface area contributed by atoms with Crippen molar-refractivity contribution in [2.24, 2.45) is 0 Å². The maximum absolute atomic E-state index is 12.8. The molecule has 0 radical (unpaired) electrons. The number of amides is 1. The van der Waals surface area contributed by atoms with Crippen LogP contribution < -0.4 is 9.47 Å². The molecule has 0 saturated carbocycles. The summed E-state index contributed by atoms with van der Waals surface area (Å²) in [5.74, 6) is 2.92. The molecular weight excluding hydrogens is 370 g/mol. The van der Waals surface area contributed by atoms with Gasteiger partial charge in [0.2, 0.25) is 5.91 Å². The lowest BCUT2D eigenvalue weighted by Crippen LogP contribution is -2.30. The first-order valence-electron chi connectivity index (χ1n) is 11.1. The molecule has 2 aliphatic heterocycles. The standard InChI is InChI=1S/C23H35NO3S/c1-2-3-4-5-6-7-8-9-10-11-22(25)24-14-17-28-23(24)19-12-13-20-21(18-19)27-16-15-26-20/h12-13,18,23H,2-11,14-17H2,1H3. The Morgan fingerprint density at radius 1 is 1.00 bits per heavy atom. The van der Waals surface area contributed by atoms with Gasteiger partial charge in [-0.05, 0) is 24.1 Å². The van der Waals surface area contributed by atoms with Gasteiger partial charge < -0.3 is 14.4 Å². The third-order valence-electron chi connectivity index (χ3n) is 5.56. The van der Waals surface area contributed by atoms with Crippen LogP contribution in [0.15, 0.2) is 18.2 Å². The Morgan fingerprint density at radius 3 is 2.43 bits per heavy atom. The monoisotopic (exact) mass is 405 g/mol. The molecule has 156 valence electrons. The third kappa shape index (κ3) is 6.07. The first-order chi connectivity index (χ1) is 13.8. The summed E-state index contributed by atoms with van der Waals surface area (Å²) in [4.78, 5) is 14.8. The zero-order valence-electron chi connectivity index (χ0n) is 17.3. The lowest BCUT2D eigenvalue weighted by molar-refractivity contribution is -0.131. The Kier molecular flexibility index (Phi) is 8.84. The SMILES string of the molecule is CCCCCCCCCCCC(=O)N1CCSC1c1ccc2c(c1)OCCO2. The zero-order chi connectivity index (χ0) is 19.6. The first kappa shape index (κ1) is 21.4. The van der Waals surface area contributed by atoms with E-state index in [2.05, 4.69) is 24.0 Å². The highest BCUT2D eigenvalue weighted by molar-refractivity contribution is 7.99. The number of ether oxygens (including phenoxy) is 2. The number of hydrogen-bond acceptors (Lipinski definition) is 4. The minimum absolute atomic E-state index is 0.113. The molecule has 5 heteroatoms. The molecule has 1 aromatic rings. The van der Waals surface area contributed by atoms with Crippen LogP contribution in [0.4, 0.5) is 0 Å². The first-order valence-corrected chi connectivity index (χ1v) is 12.1. The van der Waals surface area contributed by atoms with Gasteiger partial charge in [-0.25, -0.2) is 0 Å². The number of unbranched alkanes of at least 4 members (excludes halogenated alkanes) is 8. The number of benzene rings is 1. The maximum atomic E-state index is 12.8. The van der Waals surface area contributed by atoms with Crippen LogP contribution in [0, 0.1) is 0 Å². The van der Waals surface area contributed by atoms with Crippen molar-refractivity contribution in [3.8, 4) is 11.5 Å². The summed E-state index contributed by atoms with van der Waals surface area (Å²) in [7, 11) is 0. The molecule has 28 heavy (non-hydrogen) atoms. The Balaban J connectivity index is 1.40. The normalized spacial score (nSPS) is 18.5. The van der Waals surface area contributed by atoms with E-state index in [1.54, 1.807) is 0 Å². The summed E-state index contributed by atoms with van der Waals surface area (Å²) < 4.78 is 11.3. The van der Waals surface area contributed by atoms with Crippen molar-refractivity contribution >= 4 is 17.7 Å². The summed E-state index contributed by atoms with van der Waals surface area (Å²) >= 11 is 1.85. The largest absolute Gasteiger partial charge is 0.486 e. The highest BCUT2D eigenvalue weighted by Gasteiger charge is 2.31. The Bertz CT molecular complexity index is 622. The predicted octanol–water partition coefficient (Wildman–Crippen LogP) is 5.95. The number of rotatable bonds is 11. The van der Waals surface area contributed by atoms with Crippen molar-refractivity contribution in [1.29, 1.82) is 0 Å². The van der Waals surface area contributed by atoms with Gasteiger partial charge in [0.05, 0.1) is 0 Å². The molecule has 1 saturated heterocycles. The summed E-state index contributed by atoms with van der Waals surface area (Å²) in [5, 5.41) is 0.113. The van der Waals surface area contributed by atoms with Gasteiger partial charge in [0, 0.05) is 18.7 Å². The average Bonchev–Trinajstić information content (AvgIpc) is 3.22. The van der Waals surface area contributed by atoms with Crippen molar-refractivity contribution in [3.05, 3.63) is 23.8 Å². The molecule has 2 aliphatic rings. The van der Waals surface area contributed by atoms with Gasteiger partial charge in [0.1, 0.15) is 18.6 Å². The summed E-state index contributed by atoms with van der Waals surface area (Å²) in [6.07, 6.45) is 12.2. The summed E-state index contributed by atoms with van der Waals surface area (Å²) in [5.41, 5.74) is 1.15. The molecule has 4 nitrogen and oxygen atoms in total. The predicted molar refractivity (Wildman–Crippen MR) is 116 cm³/mol. The Labute approximate surface area is 174 Å². The smallest absolute Gasteiger partial charge is 0.223 e. The van der Waals surface area contributed by atoms with Crippen LogP contribution in [0.25, 0.3) is 0 Å². The second-order valence-corrected chi connectivity index (χ2v) is 8.98. The summed E-state index contributed by atoms with van der Waals surface area (Å²) in [6, 6.07) is 6.11. The fourth-order valence-corrected chi connectivity index (χ4v) is 5.21. The molecule has 1 unspecified atom stereocenters. The second kappa shape index (κ2) is 11.6. The lowest BCUT2D eigenvalue weighted by atomic mass is 10.1. The minimum atomic E-state index is 0.113. The van der Waals surface area contributed by atoms with E-state index in [1.807, 2.05) is 17.8 Å². The van der Waals surface area contributed by atoms with Crippen LogP contribution in [0.2, 0.25) is 0 Å². The number of carbonyl (C=O) groups is 1. The quantitative estimate of drug-likeness (QED) is 0.426. The molecule has 1 fully saturated rings. The lowest BCUT2D eigenvalue weighted by Gasteiger charge is -2.26. The molecule has 0 bridgehead atoms. The second-order valence-electron chi connectivity index (χ2n) is 7.79. The third-order valence-corrected chi connectivity index (χ3v) is 6.82. The van der Waals surface area contributed by atoms with Gasteiger partial charge in [-0.15, -0.1) is 11.8 Å². The number of thioether (sulfide) groups is 1. The van der Waals surface area contributed by atoms with E-state index >= 15 is 0 Å². The minimum Gasteiger partial charge on any atom is -0.486 e. The summed E-state index contributed by atoms with van der Waals surface area (Å²) in [6.45, 7) is 4.30. The molecule has 0 N–H and O–H groups in total. The topological polar surface area (TPSA) is 38.8 Å². The van der Waals surface area contributed by atoms with E-state index in [9.17, 15) is 4.79 Å². The molecule has 0 aromatic heterocycles. The van der Waals surface area contributed by atoms with E-state index in [0.29, 0.717) is 25.5 Å². The molecule has 3 rings (SSSR count). The van der Waals surface area contributed by atoms with Gasteiger partial charge in [-0.3, -0.25) is 4.79 Å². The molecular formula is C23H35NO3S. The van der Waals surface area contributed by atoms with Crippen molar-refractivity contribution < 1.29 is 14.3 Å². The van der Waals surface area contributed by atoms with Gasteiger partial charge in [-0.2, -0.15) is 0 Å². The molecule has 1 amide bonds. The zero-order valence-corrected chi connectivity index (χ0v) is 18.1. The maximum Gasteiger partial charge on any atom is 0.223 e. The van der Waals surface area contributed by atoms with Crippen LogP contribution in [-0.2, 0) is 4.79 Å². The van der Waals surface area contributed by atoms with Gasteiger partial charge in [0.25, 0.3) is 0 Å². The van der Waals surface area contributed by atoms with E-state index < -0.39 is 0 Å². The molecule has 0 spiro atoms. The molecule has 1 aromatic carbocycles. The molecule has 2 heterocycles. The fraction of sp³-hybridized carbons (Fsp3) is 0.696. The highest BCUT2D eigenvalue weighted by Crippen LogP contribution is 2.42. The van der Waals surface area contributed by atoms with Crippen molar-refractivity contribution in [3.63, 3.8) is 0 Å². The van der Waals surface area contributed by atoms with Crippen LogP contribution in [0.5, 0.6) is 11.5 Å². The fourth-order valence-electron chi connectivity index (χ4n) is 3.95. The van der Waals surface area contributed by atoms with Crippen molar-refractivity contribution in [2.75, 3.05) is 25.5 Å². The highest BCUT2D eigenvalue weighted by atomic mass is 32.2. The number of nitrogens with zero attached hydrogens (tertiary/aromatic N) is 1. The van der Waals surface area contributed by atoms with Crippen LogP contribution in [0.1, 0.15) is 82.1 Å².